The Hall–Kier alpha value is -3.04. The van der Waals surface area contributed by atoms with E-state index < -0.39 is 11.2 Å². The number of benzene rings is 3. The molecular formula is C27H22Cl3N3O4S. The van der Waals surface area contributed by atoms with Crippen molar-refractivity contribution in [1.29, 1.82) is 0 Å². The van der Waals surface area contributed by atoms with Gasteiger partial charge in [0.15, 0.2) is 5.17 Å². The minimum atomic E-state index is -0.750. The number of hydrogen-bond acceptors (Lipinski definition) is 6. The number of aliphatic imine (C=N–C) groups is 1. The largest absolute Gasteiger partial charge is 0.462 e. The lowest BCUT2D eigenvalue weighted by Crippen LogP contribution is -2.44. The molecule has 0 radical (unpaired) electrons. The van der Waals surface area contributed by atoms with Crippen molar-refractivity contribution in [2.24, 2.45) is 4.99 Å². The van der Waals surface area contributed by atoms with E-state index in [1.807, 2.05) is 12.1 Å². The first-order chi connectivity index (χ1) is 18.2. The maximum atomic E-state index is 13.3. The van der Waals surface area contributed by atoms with Crippen LogP contribution in [-0.4, -0.2) is 39.7 Å². The topological polar surface area (TPSA) is 88.1 Å². The quantitative estimate of drug-likeness (QED) is 0.300. The molecule has 4 rings (SSSR count). The molecule has 1 saturated heterocycles. The number of nitrogens with zero attached hydrogens (tertiary/aromatic N) is 2. The molecule has 196 valence electrons. The SMILES string of the molecule is CCOC(=O)c1ccc(N=C2SC(C(=O)Nc3cc(Cl)cc(Cl)c3)CC(=O)N2Cc2ccccc2Cl)cc1. The van der Waals surface area contributed by atoms with Crippen molar-refractivity contribution >= 4 is 80.9 Å². The lowest BCUT2D eigenvalue weighted by atomic mass is 10.2. The second kappa shape index (κ2) is 12.7. The third-order valence-corrected chi connectivity index (χ3v) is 7.44. The number of rotatable bonds is 7. The fraction of sp³-hybridized carbons (Fsp3) is 0.185. The molecule has 1 aliphatic rings. The van der Waals surface area contributed by atoms with E-state index in [2.05, 4.69) is 10.3 Å². The molecule has 7 nitrogen and oxygen atoms in total. The summed E-state index contributed by atoms with van der Waals surface area (Å²) in [6.07, 6.45) is -0.0456. The Balaban J connectivity index is 1.62. The van der Waals surface area contributed by atoms with Gasteiger partial charge in [-0.1, -0.05) is 64.8 Å². The third kappa shape index (κ3) is 7.08. The van der Waals surface area contributed by atoms with E-state index in [4.69, 9.17) is 39.5 Å². The first-order valence-electron chi connectivity index (χ1n) is 11.6. The van der Waals surface area contributed by atoms with Crippen molar-refractivity contribution in [3.8, 4) is 0 Å². The van der Waals surface area contributed by atoms with Gasteiger partial charge in [0.25, 0.3) is 0 Å². The number of halogens is 3. The molecule has 1 unspecified atom stereocenters. The van der Waals surface area contributed by atoms with Crippen molar-refractivity contribution in [3.63, 3.8) is 0 Å². The highest BCUT2D eigenvalue weighted by atomic mass is 35.5. The Bertz CT molecular complexity index is 1380. The fourth-order valence-corrected chi connectivity index (χ4v) is 5.46. The van der Waals surface area contributed by atoms with Crippen LogP contribution in [0, 0.1) is 0 Å². The minimum Gasteiger partial charge on any atom is -0.462 e. The van der Waals surface area contributed by atoms with Crippen molar-refractivity contribution < 1.29 is 19.1 Å². The average molecular weight is 591 g/mol. The van der Waals surface area contributed by atoms with Gasteiger partial charge in [-0.3, -0.25) is 14.5 Å². The normalized spacial score (nSPS) is 16.4. The van der Waals surface area contributed by atoms with Crippen LogP contribution in [0.3, 0.4) is 0 Å². The predicted molar refractivity (Wildman–Crippen MR) is 153 cm³/mol. The summed E-state index contributed by atoms with van der Waals surface area (Å²) < 4.78 is 5.03. The molecule has 0 aromatic heterocycles. The van der Waals surface area contributed by atoms with E-state index in [1.54, 1.807) is 61.5 Å². The molecule has 1 aliphatic heterocycles. The number of esters is 1. The van der Waals surface area contributed by atoms with Gasteiger partial charge in [-0.2, -0.15) is 0 Å². The number of carbonyl (C=O) groups is 3. The van der Waals surface area contributed by atoms with Crippen LogP contribution in [0.1, 0.15) is 29.3 Å². The van der Waals surface area contributed by atoms with Gasteiger partial charge in [0.1, 0.15) is 5.25 Å². The Kier molecular flexibility index (Phi) is 9.33. The predicted octanol–water partition coefficient (Wildman–Crippen LogP) is 6.98. The van der Waals surface area contributed by atoms with Gasteiger partial charge in [0.2, 0.25) is 11.8 Å². The van der Waals surface area contributed by atoms with Gasteiger partial charge < -0.3 is 10.1 Å². The molecule has 11 heteroatoms. The molecule has 2 amide bonds. The van der Waals surface area contributed by atoms with Gasteiger partial charge in [-0.25, -0.2) is 9.79 Å². The molecule has 0 saturated carbocycles. The summed E-state index contributed by atoms with van der Waals surface area (Å²) in [7, 11) is 0. The monoisotopic (exact) mass is 589 g/mol. The number of hydrogen-bond donors (Lipinski definition) is 1. The first-order valence-corrected chi connectivity index (χ1v) is 13.6. The van der Waals surface area contributed by atoms with E-state index >= 15 is 0 Å². The molecule has 0 aliphatic carbocycles. The van der Waals surface area contributed by atoms with Crippen LogP contribution in [0.15, 0.2) is 71.7 Å². The van der Waals surface area contributed by atoms with Gasteiger partial charge >= 0.3 is 5.97 Å². The number of anilines is 1. The number of amidine groups is 1. The minimum absolute atomic E-state index is 0.0456. The van der Waals surface area contributed by atoms with E-state index in [9.17, 15) is 14.4 Å². The van der Waals surface area contributed by atoms with E-state index in [-0.39, 0.29) is 31.4 Å². The van der Waals surface area contributed by atoms with Gasteiger partial charge in [0, 0.05) is 27.2 Å². The zero-order valence-electron chi connectivity index (χ0n) is 20.1. The Morgan fingerprint density at radius 2 is 1.74 bits per heavy atom. The van der Waals surface area contributed by atoms with Crippen LogP contribution in [0.25, 0.3) is 0 Å². The van der Waals surface area contributed by atoms with Crippen molar-refractivity contribution in [2.75, 3.05) is 11.9 Å². The molecule has 1 N–H and O–H groups in total. The zero-order chi connectivity index (χ0) is 27.2. The van der Waals surface area contributed by atoms with E-state index in [1.165, 1.54) is 4.90 Å². The lowest BCUT2D eigenvalue weighted by molar-refractivity contribution is -0.129. The smallest absolute Gasteiger partial charge is 0.338 e. The van der Waals surface area contributed by atoms with Crippen molar-refractivity contribution in [2.45, 2.75) is 25.1 Å². The molecule has 0 bridgehead atoms. The first kappa shape index (κ1) is 28.0. The summed E-state index contributed by atoms with van der Waals surface area (Å²) >= 11 is 19.6. The maximum Gasteiger partial charge on any atom is 0.338 e. The van der Waals surface area contributed by atoms with Crippen LogP contribution >= 0.6 is 46.6 Å². The number of nitrogens with one attached hydrogen (secondary N) is 1. The summed E-state index contributed by atoms with van der Waals surface area (Å²) in [5.41, 5.74) is 2.05. The standard InChI is InChI=1S/C27H22Cl3N3O4S/c1-2-37-26(36)16-7-9-20(10-8-16)32-27-33(15-17-5-3-4-6-22(17)30)24(34)14-23(38-27)25(35)31-21-12-18(28)11-19(29)13-21/h3-13,23H,2,14-15H2,1H3,(H,31,35). The number of thioether (sulfide) groups is 1. The number of amides is 2. The third-order valence-electron chi connectivity index (χ3n) is 5.45. The fourth-order valence-electron chi connectivity index (χ4n) is 3.64. The van der Waals surface area contributed by atoms with Crippen molar-refractivity contribution in [1.82, 2.24) is 4.90 Å². The molecule has 3 aromatic rings. The zero-order valence-corrected chi connectivity index (χ0v) is 23.2. The number of carbonyl (C=O) groups excluding carboxylic acids is 3. The van der Waals surface area contributed by atoms with Crippen molar-refractivity contribution in [3.05, 3.63) is 92.9 Å². The lowest BCUT2D eigenvalue weighted by Gasteiger charge is -2.32. The van der Waals surface area contributed by atoms with Gasteiger partial charge in [0.05, 0.1) is 24.4 Å². The van der Waals surface area contributed by atoms with Crippen LogP contribution in [0.4, 0.5) is 11.4 Å². The second-order valence-corrected chi connectivity index (χ2v) is 10.6. The molecule has 38 heavy (non-hydrogen) atoms. The number of ether oxygens (including phenoxy) is 1. The second-order valence-electron chi connectivity index (χ2n) is 8.19. The summed E-state index contributed by atoms with van der Waals surface area (Å²) in [6.45, 7) is 2.18. The average Bonchev–Trinajstić information content (AvgIpc) is 2.87. The highest BCUT2D eigenvalue weighted by Crippen LogP contribution is 2.32. The van der Waals surface area contributed by atoms with Crippen LogP contribution in [0.5, 0.6) is 0 Å². The summed E-state index contributed by atoms with van der Waals surface area (Å²) in [4.78, 5) is 44.6. The molecule has 1 atom stereocenters. The van der Waals surface area contributed by atoms with E-state index in [0.717, 1.165) is 17.3 Å². The van der Waals surface area contributed by atoms with Gasteiger partial charge in [-0.05, 0) is 61.0 Å². The Morgan fingerprint density at radius 1 is 1.05 bits per heavy atom. The molecule has 1 fully saturated rings. The molecule has 1 heterocycles. The van der Waals surface area contributed by atoms with Crippen LogP contribution < -0.4 is 5.32 Å². The maximum absolute atomic E-state index is 13.3. The summed E-state index contributed by atoms with van der Waals surface area (Å²) in [5, 5.41) is 3.62. The Labute approximate surface area is 239 Å². The molecule has 3 aromatic carbocycles. The van der Waals surface area contributed by atoms with Gasteiger partial charge in [-0.15, -0.1) is 0 Å². The van der Waals surface area contributed by atoms with E-state index in [0.29, 0.717) is 37.2 Å². The highest BCUT2D eigenvalue weighted by Gasteiger charge is 2.36. The van der Waals surface area contributed by atoms with Crippen LogP contribution in [0.2, 0.25) is 15.1 Å². The summed E-state index contributed by atoms with van der Waals surface area (Å²) in [5.74, 6) is -1.11. The molecular weight excluding hydrogens is 569 g/mol. The molecule has 0 spiro atoms. The summed E-state index contributed by atoms with van der Waals surface area (Å²) in [6, 6.07) is 18.4. The highest BCUT2D eigenvalue weighted by molar-refractivity contribution is 8.15. The Morgan fingerprint density at radius 3 is 2.39 bits per heavy atom. The van der Waals surface area contributed by atoms with Crippen LogP contribution in [-0.2, 0) is 20.9 Å².